The summed E-state index contributed by atoms with van der Waals surface area (Å²) in [5, 5.41) is 2.01. The topological polar surface area (TPSA) is 38.3 Å². The van der Waals surface area contributed by atoms with E-state index in [0.717, 1.165) is 18.6 Å². The Morgan fingerprint density at radius 3 is 2.58 bits per heavy atom. The van der Waals surface area contributed by atoms with Crippen molar-refractivity contribution >= 4 is 23.2 Å². The number of halogens is 4. The van der Waals surface area contributed by atoms with E-state index in [1.165, 1.54) is 6.07 Å². The Kier molecular flexibility index (Phi) is 5.72. The van der Waals surface area contributed by atoms with E-state index in [0.29, 0.717) is 12.4 Å². The van der Waals surface area contributed by atoms with E-state index in [1.54, 1.807) is 24.3 Å². The van der Waals surface area contributed by atoms with Crippen molar-refractivity contribution in [2.24, 2.45) is 0 Å². The van der Waals surface area contributed by atoms with Crippen LogP contribution in [0.5, 0.6) is 5.75 Å². The summed E-state index contributed by atoms with van der Waals surface area (Å²) >= 11 is 5.56. The predicted octanol–water partition coefficient (Wildman–Crippen LogP) is 5.40. The zero-order valence-corrected chi connectivity index (χ0v) is 13.5. The van der Waals surface area contributed by atoms with Gasteiger partial charge in [0, 0.05) is 5.69 Å². The molecule has 0 bridgehead atoms. The molecular weight excluding hydrogens is 343 g/mol. The quantitative estimate of drug-likeness (QED) is 0.778. The van der Waals surface area contributed by atoms with Crippen LogP contribution >= 0.6 is 11.6 Å². The van der Waals surface area contributed by atoms with Gasteiger partial charge < -0.3 is 10.1 Å². The fourth-order valence-electron chi connectivity index (χ4n) is 2.01. The molecule has 0 aliphatic rings. The van der Waals surface area contributed by atoms with Crippen molar-refractivity contribution in [1.82, 2.24) is 0 Å². The van der Waals surface area contributed by atoms with Crippen molar-refractivity contribution < 1.29 is 22.7 Å². The molecule has 0 aliphatic heterocycles. The normalized spacial score (nSPS) is 11.2. The lowest BCUT2D eigenvalue weighted by Gasteiger charge is -2.13. The van der Waals surface area contributed by atoms with Crippen molar-refractivity contribution in [1.29, 1.82) is 0 Å². The second kappa shape index (κ2) is 7.57. The van der Waals surface area contributed by atoms with E-state index in [4.69, 9.17) is 16.3 Å². The van der Waals surface area contributed by atoms with Gasteiger partial charge in [0.1, 0.15) is 5.75 Å². The maximum absolute atomic E-state index is 12.9. The SMILES string of the molecule is CCCOc1ccccc1C(=O)Nc1ccc(Cl)c(C(F)(F)F)c1. The summed E-state index contributed by atoms with van der Waals surface area (Å²) in [6.45, 7) is 2.36. The second-order valence-corrected chi connectivity index (χ2v) is 5.40. The first-order valence-electron chi connectivity index (χ1n) is 7.23. The molecular formula is C17H15ClF3NO2. The molecule has 0 spiro atoms. The minimum atomic E-state index is -4.60. The summed E-state index contributed by atoms with van der Waals surface area (Å²) in [6, 6.07) is 9.75. The Morgan fingerprint density at radius 1 is 1.21 bits per heavy atom. The van der Waals surface area contributed by atoms with Crippen molar-refractivity contribution in [2.75, 3.05) is 11.9 Å². The molecule has 3 nitrogen and oxygen atoms in total. The van der Waals surface area contributed by atoms with Gasteiger partial charge in [0.05, 0.1) is 22.8 Å². The minimum absolute atomic E-state index is 0.00187. The van der Waals surface area contributed by atoms with Crippen molar-refractivity contribution in [2.45, 2.75) is 19.5 Å². The molecule has 0 heterocycles. The number of hydrogen-bond acceptors (Lipinski definition) is 2. The summed E-state index contributed by atoms with van der Waals surface area (Å²) in [4.78, 5) is 12.3. The van der Waals surface area contributed by atoms with Gasteiger partial charge in [-0.3, -0.25) is 4.79 Å². The van der Waals surface area contributed by atoms with Crippen LogP contribution in [0.1, 0.15) is 29.3 Å². The summed E-state index contributed by atoms with van der Waals surface area (Å²) in [5.74, 6) is -0.181. The third-order valence-electron chi connectivity index (χ3n) is 3.12. The van der Waals surface area contributed by atoms with Gasteiger partial charge in [-0.25, -0.2) is 0 Å². The first-order chi connectivity index (χ1) is 11.3. The molecule has 0 atom stereocenters. The van der Waals surface area contributed by atoms with E-state index in [9.17, 15) is 18.0 Å². The average molecular weight is 358 g/mol. The molecule has 128 valence electrons. The van der Waals surface area contributed by atoms with Crippen LogP contribution in [0.15, 0.2) is 42.5 Å². The number of amides is 1. The molecule has 2 aromatic carbocycles. The van der Waals surface area contributed by atoms with Gasteiger partial charge in [0.2, 0.25) is 0 Å². The molecule has 24 heavy (non-hydrogen) atoms. The van der Waals surface area contributed by atoms with E-state index < -0.39 is 22.7 Å². The van der Waals surface area contributed by atoms with Crippen molar-refractivity contribution in [3.63, 3.8) is 0 Å². The van der Waals surface area contributed by atoms with Crippen LogP contribution in [0.2, 0.25) is 5.02 Å². The smallest absolute Gasteiger partial charge is 0.417 e. The third kappa shape index (κ3) is 4.41. The number of carbonyl (C=O) groups is 1. The predicted molar refractivity (Wildman–Crippen MR) is 86.6 cm³/mol. The summed E-state index contributed by atoms with van der Waals surface area (Å²) < 4.78 is 44.1. The van der Waals surface area contributed by atoms with Crippen LogP contribution in [-0.4, -0.2) is 12.5 Å². The molecule has 0 aliphatic carbocycles. The summed E-state index contributed by atoms with van der Waals surface area (Å²) in [6.07, 6.45) is -3.83. The molecule has 0 saturated heterocycles. The van der Waals surface area contributed by atoms with Crippen LogP contribution in [-0.2, 0) is 6.18 Å². The highest BCUT2D eigenvalue weighted by molar-refractivity contribution is 6.31. The minimum Gasteiger partial charge on any atom is -0.493 e. The Bertz CT molecular complexity index is 732. The molecule has 0 fully saturated rings. The molecule has 0 radical (unpaired) electrons. The number of hydrogen-bond donors (Lipinski definition) is 1. The van der Waals surface area contributed by atoms with E-state index in [1.807, 2.05) is 6.92 Å². The van der Waals surface area contributed by atoms with Crippen molar-refractivity contribution in [3.8, 4) is 5.75 Å². The lowest BCUT2D eigenvalue weighted by atomic mass is 10.1. The molecule has 0 unspecified atom stereocenters. The van der Waals surface area contributed by atoms with Crippen LogP contribution < -0.4 is 10.1 Å². The maximum atomic E-state index is 12.9. The summed E-state index contributed by atoms with van der Waals surface area (Å²) in [7, 11) is 0. The highest BCUT2D eigenvalue weighted by atomic mass is 35.5. The fourth-order valence-corrected chi connectivity index (χ4v) is 2.24. The Labute approximate surface area is 142 Å². The van der Waals surface area contributed by atoms with E-state index in [2.05, 4.69) is 5.32 Å². The average Bonchev–Trinajstić information content (AvgIpc) is 2.54. The third-order valence-corrected chi connectivity index (χ3v) is 3.45. The van der Waals surface area contributed by atoms with Crippen LogP contribution in [0.3, 0.4) is 0 Å². The number of carbonyl (C=O) groups excluding carboxylic acids is 1. The number of alkyl halides is 3. The molecule has 2 aromatic rings. The largest absolute Gasteiger partial charge is 0.493 e. The highest BCUT2D eigenvalue weighted by Gasteiger charge is 2.33. The Morgan fingerprint density at radius 2 is 1.92 bits per heavy atom. The van der Waals surface area contributed by atoms with Crippen LogP contribution in [0.4, 0.5) is 18.9 Å². The molecule has 2 rings (SSSR count). The van der Waals surface area contributed by atoms with Crippen LogP contribution in [0.25, 0.3) is 0 Å². The van der Waals surface area contributed by atoms with Gasteiger partial charge in [-0.1, -0.05) is 30.7 Å². The number of ether oxygens (including phenoxy) is 1. The number of anilines is 1. The van der Waals surface area contributed by atoms with Gasteiger partial charge in [-0.15, -0.1) is 0 Å². The van der Waals surface area contributed by atoms with E-state index in [-0.39, 0.29) is 11.3 Å². The molecule has 0 aromatic heterocycles. The van der Waals surface area contributed by atoms with Gasteiger partial charge in [0.25, 0.3) is 5.91 Å². The van der Waals surface area contributed by atoms with Crippen molar-refractivity contribution in [3.05, 3.63) is 58.6 Å². The zero-order chi connectivity index (χ0) is 17.7. The maximum Gasteiger partial charge on any atom is 0.417 e. The number of nitrogens with one attached hydrogen (secondary N) is 1. The van der Waals surface area contributed by atoms with Gasteiger partial charge in [-0.2, -0.15) is 13.2 Å². The van der Waals surface area contributed by atoms with E-state index >= 15 is 0 Å². The fraction of sp³-hybridized carbons (Fsp3) is 0.235. The van der Waals surface area contributed by atoms with Gasteiger partial charge >= 0.3 is 6.18 Å². The number of para-hydroxylation sites is 1. The second-order valence-electron chi connectivity index (χ2n) is 4.99. The highest BCUT2D eigenvalue weighted by Crippen LogP contribution is 2.36. The van der Waals surface area contributed by atoms with Crippen LogP contribution in [0, 0.1) is 0 Å². The molecule has 1 N–H and O–H groups in total. The lowest BCUT2D eigenvalue weighted by molar-refractivity contribution is -0.137. The first-order valence-corrected chi connectivity index (χ1v) is 7.60. The Balaban J connectivity index is 2.25. The number of rotatable bonds is 5. The number of benzene rings is 2. The van der Waals surface area contributed by atoms with Gasteiger partial charge in [0.15, 0.2) is 0 Å². The zero-order valence-electron chi connectivity index (χ0n) is 12.8. The summed E-state index contributed by atoms with van der Waals surface area (Å²) in [5.41, 5.74) is -0.756. The molecule has 7 heteroatoms. The van der Waals surface area contributed by atoms with Gasteiger partial charge in [-0.05, 0) is 36.8 Å². The molecule has 1 amide bonds. The Hall–Kier alpha value is -2.21. The molecule has 0 saturated carbocycles. The lowest BCUT2D eigenvalue weighted by Crippen LogP contribution is -2.15. The standard InChI is InChI=1S/C17H15ClF3NO2/c1-2-9-24-15-6-4-3-5-12(15)16(23)22-11-7-8-14(18)13(10-11)17(19,20)21/h3-8,10H,2,9H2,1H3,(H,22,23). The first kappa shape index (κ1) is 18.1. The monoisotopic (exact) mass is 357 g/mol.